The number of sulfone groups is 1. The molecule has 0 fully saturated rings. The fraction of sp³-hybridized carbons (Fsp3) is 0.417. The molecular weight excluding hydrogens is 286 g/mol. The van der Waals surface area contributed by atoms with Crippen molar-refractivity contribution in [1.29, 1.82) is 0 Å². The molecule has 2 heterocycles. The summed E-state index contributed by atoms with van der Waals surface area (Å²) in [5, 5.41) is 4.75. The summed E-state index contributed by atoms with van der Waals surface area (Å²) < 4.78 is 23.6. The lowest BCUT2D eigenvalue weighted by molar-refractivity contribution is 0.591. The first kappa shape index (κ1) is 13.7. The molecule has 3 nitrogen and oxygen atoms in total. The molecule has 0 radical (unpaired) electrons. The van der Waals surface area contributed by atoms with E-state index in [-0.39, 0.29) is 11.5 Å². The van der Waals surface area contributed by atoms with Crippen LogP contribution in [0.4, 0.5) is 0 Å². The summed E-state index contributed by atoms with van der Waals surface area (Å²) in [4.78, 5) is 5.49. The van der Waals surface area contributed by atoms with Gasteiger partial charge in [0.05, 0.1) is 22.1 Å². The minimum Gasteiger partial charge on any atom is -0.239 e. The highest BCUT2D eigenvalue weighted by molar-refractivity contribution is 7.90. The Hall–Kier alpha value is -0.720. The van der Waals surface area contributed by atoms with Crippen LogP contribution >= 0.6 is 22.7 Å². The molecule has 2 rings (SSSR count). The molecule has 98 valence electrons. The highest BCUT2D eigenvalue weighted by atomic mass is 32.2. The van der Waals surface area contributed by atoms with E-state index in [0.717, 1.165) is 22.7 Å². The maximum Gasteiger partial charge on any atom is 0.156 e. The molecule has 0 saturated carbocycles. The second kappa shape index (κ2) is 5.95. The van der Waals surface area contributed by atoms with Gasteiger partial charge in [-0.3, -0.25) is 0 Å². The van der Waals surface area contributed by atoms with Crippen LogP contribution in [0.1, 0.15) is 25.5 Å². The largest absolute Gasteiger partial charge is 0.239 e. The standard InChI is InChI=1S/C12H15NO2S3/c1-2-3-7-18(14,15)9-10-8-17-12(13-10)11-5-4-6-16-11/h4-6,8H,2-3,7,9H2,1H3. The van der Waals surface area contributed by atoms with E-state index in [1.807, 2.05) is 29.8 Å². The molecule has 0 aromatic carbocycles. The summed E-state index contributed by atoms with van der Waals surface area (Å²) in [6, 6.07) is 3.97. The Balaban J connectivity index is 2.07. The van der Waals surface area contributed by atoms with Gasteiger partial charge in [0.15, 0.2) is 9.84 Å². The molecule has 6 heteroatoms. The second-order valence-corrected chi connectivity index (χ2v) is 8.06. The highest BCUT2D eigenvalue weighted by Gasteiger charge is 2.14. The highest BCUT2D eigenvalue weighted by Crippen LogP contribution is 2.28. The number of thiazole rings is 1. The van der Waals surface area contributed by atoms with Crippen LogP contribution in [0.5, 0.6) is 0 Å². The van der Waals surface area contributed by atoms with Gasteiger partial charge in [-0.15, -0.1) is 22.7 Å². The van der Waals surface area contributed by atoms with Gasteiger partial charge in [0.1, 0.15) is 5.01 Å². The fourth-order valence-corrected chi connectivity index (χ4v) is 4.76. The molecule has 0 unspecified atom stereocenters. The number of rotatable bonds is 6. The second-order valence-electron chi connectivity index (χ2n) is 4.07. The van der Waals surface area contributed by atoms with Crippen molar-refractivity contribution in [3.63, 3.8) is 0 Å². The Kier molecular flexibility index (Phi) is 4.53. The summed E-state index contributed by atoms with van der Waals surface area (Å²) in [7, 11) is -3.00. The van der Waals surface area contributed by atoms with E-state index in [9.17, 15) is 8.42 Å². The topological polar surface area (TPSA) is 47.0 Å². The number of hydrogen-bond donors (Lipinski definition) is 0. The smallest absolute Gasteiger partial charge is 0.156 e. The maximum absolute atomic E-state index is 11.8. The molecule has 0 N–H and O–H groups in total. The summed E-state index contributed by atoms with van der Waals surface area (Å²) in [6.45, 7) is 1.99. The van der Waals surface area contributed by atoms with E-state index < -0.39 is 9.84 Å². The molecule has 18 heavy (non-hydrogen) atoms. The van der Waals surface area contributed by atoms with Crippen LogP contribution in [0, 0.1) is 0 Å². The van der Waals surface area contributed by atoms with E-state index >= 15 is 0 Å². The lowest BCUT2D eigenvalue weighted by Gasteiger charge is -2.00. The third kappa shape index (κ3) is 3.63. The van der Waals surface area contributed by atoms with Gasteiger partial charge in [0.25, 0.3) is 0 Å². The molecule has 0 atom stereocenters. The molecule has 0 aliphatic carbocycles. The summed E-state index contributed by atoms with van der Waals surface area (Å²) in [5.41, 5.74) is 0.666. The van der Waals surface area contributed by atoms with Gasteiger partial charge in [0.2, 0.25) is 0 Å². The lowest BCUT2D eigenvalue weighted by Crippen LogP contribution is -2.09. The van der Waals surface area contributed by atoms with Gasteiger partial charge in [-0.1, -0.05) is 19.4 Å². The molecule has 0 spiro atoms. The van der Waals surface area contributed by atoms with Crippen molar-refractivity contribution >= 4 is 32.5 Å². The van der Waals surface area contributed by atoms with E-state index in [2.05, 4.69) is 4.98 Å². The lowest BCUT2D eigenvalue weighted by atomic mass is 10.4. The number of thiophene rings is 1. The number of hydrogen-bond acceptors (Lipinski definition) is 5. The molecule has 0 saturated heterocycles. The minimum atomic E-state index is -3.00. The molecule has 0 aliphatic heterocycles. The molecule has 0 amide bonds. The Morgan fingerprint density at radius 2 is 2.17 bits per heavy atom. The Morgan fingerprint density at radius 1 is 1.33 bits per heavy atom. The SMILES string of the molecule is CCCCS(=O)(=O)Cc1csc(-c2cccs2)n1. The van der Waals surface area contributed by atoms with Crippen molar-refractivity contribution in [3.05, 3.63) is 28.6 Å². The van der Waals surface area contributed by atoms with Crippen LogP contribution in [0.2, 0.25) is 0 Å². The maximum atomic E-state index is 11.8. The third-order valence-corrected chi connectivity index (χ3v) is 6.04. The van der Waals surface area contributed by atoms with Gasteiger partial charge in [0, 0.05) is 5.38 Å². The van der Waals surface area contributed by atoms with E-state index in [1.54, 1.807) is 11.3 Å². The van der Waals surface area contributed by atoms with Crippen LogP contribution in [-0.4, -0.2) is 19.2 Å². The van der Waals surface area contributed by atoms with Gasteiger partial charge in [-0.05, 0) is 17.9 Å². The van der Waals surface area contributed by atoms with Crippen molar-refractivity contribution in [2.75, 3.05) is 5.75 Å². The van der Waals surface area contributed by atoms with Crippen LogP contribution in [0.25, 0.3) is 9.88 Å². The Bertz CT molecular complexity index is 585. The average molecular weight is 301 g/mol. The van der Waals surface area contributed by atoms with Gasteiger partial charge in [-0.2, -0.15) is 0 Å². The van der Waals surface area contributed by atoms with Crippen molar-refractivity contribution in [2.45, 2.75) is 25.5 Å². The number of unbranched alkanes of at least 4 members (excludes halogenated alkanes) is 1. The predicted molar refractivity (Wildman–Crippen MR) is 77.8 cm³/mol. The summed E-state index contributed by atoms with van der Waals surface area (Å²) in [5.74, 6) is 0.324. The van der Waals surface area contributed by atoms with Crippen molar-refractivity contribution in [1.82, 2.24) is 4.98 Å². The van der Waals surface area contributed by atoms with Gasteiger partial charge < -0.3 is 0 Å². The van der Waals surface area contributed by atoms with Crippen LogP contribution in [-0.2, 0) is 15.6 Å². The molecule has 2 aromatic heterocycles. The Labute approximate surface area is 115 Å². The molecule has 2 aromatic rings. The first-order valence-electron chi connectivity index (χ1n) is 5.79. The molecule has 0 bridgehead atoms. The molecule has 0 aliphatic rings. The van der Waals surface area contributed by atoms with Crippen molar-refractivity contribution in [3.8, 4) is 9.88 Å². The van der Waals surface area contributed by atoms with Crippen molar-refractivity contribution in [2.24, 2.45) is 0 Å². The van der Waals surface area contributed by atoms with Crippen LogP contribution in [0.15, 0.2) is 22.9 Å². The molecular formula is C12H15NO2S3. The normalized spacial score (nSPS) is 11.8. The van der Waals surface area contributed by atoms with E-state index in [0.29, 0.717) is 5.69 Å². The van der Waals surface area contributed by atoms with Crippen LogP contribution in [0.3, 0.4) is 0 Å². The predicted octanol–water partition coefficient (Wildman–Crippen LogP) is 3.59. The number of aromatic nitrogens is 1. The quantitative estimate of drug-likeness (QED) is 0.819. The Morgan fingerprint density at radius 3 is 2.83 bits per heavy atom. The summed E-state index contributed by atoms with van der Waals surface area (Å²) in [6.07, 6.45) is 1.63. The van der Waals surface area contributed by atoms with Crippen molar-refractivity contribution < 1.29 is 8.42 Å². The zero-order valence-electron chi connectivity index (χ0n) is 10.1. The monoisotopic (exact) mass is 301 g/mol. The fourth-order valence-electron chi connectivity index (χ4n) is 1.55. The van der Waals surface area contributed by atoms with E-state index in [4.69, 9.17) is 0 Å². The average Bonchev–Trinajstić information content (AvgIpc) is 2.95. The van der Waals surface area contributed by atoms with Crippen LogP contribution < -0.4 is 0 Å². The zero-order valence-corrected chi connectivity index (χ0v) is 12.6. The first-order valence-corrected chi connectivity index (χ1v) is 9.37. The third-order valence-electron chi connectivity index (χ3n) is 2.46. The number of nitrogens with zero attached hydrogens (tertiary/aromatic N) is 1. The summed E-state index contributed by atoms with van der Waals surface area (Å²) >= 11 is 3.13. The van der Waals surface area contributed by atoms with E-state index in [1.165, 1.54) is 11.3 Å². The van der Waals surface area contributed by atoms with Gasteiger partial charge in [-0.25, -0.2) is 13.4 Å². The van der Waals surface area contributed by atoms with Gasteiger partial charge >= 0.3 is 0 Å². The first-order chi connectivity index (χ1) is 8.61. The zero-order chi connectivity index (χ0) is 13.0. The minimum absolute atomic E-state index is 0.0644.